The average Bonchev–Trinajstić information content (AvgIpc) is 3.70. The van der Waals surface area contributed by atoms with Crippen LogP contribution in [0, 0.1) is 5.82 Å². The smallest absolute Gasteiger partial charge is 0.301 e. The predicted molar refractivity (Wildman–Crippen MR) is 163 cm³/mol. The number of halogens is 1. The first-order valence-corrected chi connectivity index (χ1v) is 15.7. The lowest BCUT2D eigenvalue weighted by molar-refractivity contribution is -0.132. The van der Waals surface area contributed by atoms with Crippen molar-refractivity contribution in [1.82, 2.24) is 10.2 Å². The Labute approximate surface area is 256 Å². The molecule has 3 heterocycles. The minimum atomic E-state index is -0.981. The summed E-state index contributed by atoms with van der Waals surface area (Å²) in [7, 11) is 0. The number of fused-ring (bicyclic) bond motifs is 1. The fraction of sp³-hybridized carbons (Fsp3) is 0.250. The fourth-order valence-corrected chi connectivity index (χ4v) is 7.03. The van der Waals surface area contributed by atoms with Gasteiger partial charge in [-0.3, -0.25) is 14.5 Å². The Balaban J connectivity index is 1.40. The number of thioether (sulfide) groups is 1. The number of nitrogens with zero attached hydrogens (tertiary/aromatic N) is 3. The first-order chi connectivity index (χ1) is 20.8. The Hall–Kier alpha value is -4.22. The standard InChI is InChI=1S/C32H28FN3O5S2/c1-3-13-40-23-9-6-8-19(16-23)27-26(28(37)20-11-12-25-22(15-20)14-18(2)41-25)29(38)30(39)36(27)31-34-35-32(43-31)42-17-21-7-4-5-10-24(21)33/h4-12,15-16,18,27,37H,3,13-14,17H2,1-2H3/t18-,27-/m0/s1. The van der Waals surface area contributed by atoms with Gasteiger partial charge >= 0.3 is 5.91 Å². The van der Waals surface area contributed by atoms with Crippen molar-refractivity contribution in [1.29, 1.82) is 0 Å². The molecule has 3 aromatic carbocycles. The van der Waals surface area contributed by atoms with Gasteiger partial charge in [0.25, 0.3) is 5.78 Å². The van der Waals surface area contributed by atoms with Gasteiger partial charge in [-0.1, -0.05) is 60.4 Å². The van der Waals surface area contributed by atoms with E-state index in [1.807, 2.05) is 13.8 Å². The zero-order valence-electron chi connectivity index (χ0n) is 23.5. The summed E-state index contributed by atoms with van der Waals surface area (Å²) in [6.07, 6.45) is 1.48. The van der Waals surface area contributed by atoms with Crippen molar-refractivity contribution in [3.63, 3.8) is 0 Å². The summed E-state index contributed by atoms with van der Waals surface area (Å²) in [5.41, 5.74) is 2.36. The second-order valence-corrected chi connectivity index (χ2v) is 12.5. The number of ketones is 1. The van der Waals surface area contributed by atoms with Crippen LogP contribution in [-0.4, -0.2) is 39.7 Å². The van der Waals surface area contributed by atoms with E-state index in [1.165, 1.54) is 22.7 Å². The third-order valence-corrected chi connectivity index (χ3v) is 9.28. The molecule has 1 fully saturated rings. The first-order valence-electron chi connectivity index (χ1n) is 13.9. The predicted octanol–water partition coefficient (Wildman–Crippen LogP) is 6.71. The SMILES string of the molecule is CCCOc1cccc([C@H]2C(=C(O)c3ccc4c(c3)C[C@H](C)O4)C(=O)C(=O)N2c2nnc(SCc3ccccc3F)s2)c1. The second kappa shape index (κ2) is 12.2. The highest BCUT2D eigenvalue weighted by Crippen LogP contribution is 2.45. The Morgan fingerprint density at radius 3 is 2.79 bits per heavy atom. The number of hydrogen-bond acceptors (Lipinski definition) is 9. The van der Waals surface area contributed by atoms with Crippen LogP contribution in [0.4, 0.5) is 9.52 Å². The van der Waals surface area contributed by atoms with Crippen LogP contribution >= 0.6 is 23.1 Å². The van der Waals surface area contributed by atoms with Crippen LogP contribution in [0.1, 0.15) is 48.6 Å². The molecule has 1 amide bonds. The van der Waals surface area contributed by atoms with Gasteiger partial charge in [0.15, 0.2) is 4.34 Å². The van der Waals surface area contributed by atoms with E-state index in [1.54, 1.807) is 60.7 Å². The number of carbonyl (C=O) groups excluding carboxylic acids is 2. The summed E-state index contributed by atoms with van der Waals surface area (Å²) in [5, 5.41) is 20.2. The first kappa shape index (κ1) is 28.9. The molecule has 0 bridgehead atoms. The van der Waals surface area contributed by atoms with Gasteiger partial charge in [0.1, 0.15) is 29.2 Å². The van der Waals surface area contributed by atoms with Crippen molar-refractivity contribution in [2.75, 3.05) is 11.5 Å². The number of rotatable bonds is 9. The maximum absolute atomic E-state index is 14.2. The van der Waals surface area contributed by atoms with Crippen LogP contribution in [0.5, 0.6) is 11.5 Å². The van der Waals surface area contributed by atoms with Crippen LogP contribution in [0.15, 0.2) is 76.6 Å². The molecule has 2 aliphatic rings. The van der Waals surface area contributed by atoms with Gasteiger partial charge < -0.3 is 14.6 Å². The highest BCUT2D eigenvalue weighted by atomic mass is 32.2. The molecular weight excluding hydrogens is 590 g/mol. The molecule has 11 heteroatoms. The highest BCUT2D eigenvalue weighted by Gasteiger charge is 2.48. The minimum absolute atomic E-state index is 0.00619. The number of amides is 1. The quantitative estimate of drug-likeness (QED) is 0.0727. The highest BCUT2D eigenvalue weighted by molar-refractivity contribution is 8.00. The van der Waals surface area contributed by atoms with Gasteiger partial charge in [-0.05, 0) is 66.4 Å². The van der Waals surface area contributed by atoms with Gasteiger partial charge in [0, 0.05) is 17.7 Å². The number of ether oxygens (including phenoxy) is 2. The minimum Gasteiger partial charge on any atom is -0.507 e. The lowest BCUT2D eigenvalue weighted by Gasteiger charge is -2.23. The Morgan fingerprint density at radius 2 is 1.98 bits per heavy atom. The summed E-state index contributed by atoms with van der Waals surface area (Å²) in [5.74, 6) is -0.631. The van der Waals surface area contributed by atoms with Crippen molar-refractivity contribution in [2.24, 2.45) is 0 Å². The second-order valence-electron chi connectivity index (χ2n) is 10.3. The van der Waals surface area contributed by atoms with Crippen LogP contribution in [0.25, 0.3) is 5.76 Å². The number of carbonyl (C=O) groups is 2. The van der Waals surface area contributed by atoms with E-state index in [4.69, 9.17) is 9.47 Å². The Kier molecular flexibility index (Phi) is 8.18. The number of Topliss-reactive ketones (excluding diaryl/α,β-unsaturated/α-hetero) is 1. The molecule has 6 rings (SSSR count). The van der Waals surface area contributed by atoms with E-state index in [2.05, 4.69) is 10.2 Å². The number of aromatic nitrogens is 2. The number of hydrogen-bond donors (Lipinski definition) is 1. The van der Waals surface area contributed by atoms with Crippen molar-refractivity contribution in [2.45, 2.75) is 48.9 Å². The molecule has 0 radical (unpaired) electrons. The van der Waals surface area contributed by atoms with Crippen LogP contribution in [0.3, 0.4) is 0 Å². The van der Waals surface area contributed by atoms with Crippen LogP contribution in [0.2, 0.25) is 0 Å². The molecule has 0 aliphatic carbocycles. The number of anilines is 1. The molecule has 1 N–H and O–H groups in total. The lowest BCUT2D eigenvalue weighted by Crippen LogP contribution is -2.29. The van der Waals surface area contributed by atoms with E-state index < -0.39 is 17.7 Å². The van der Waals surface area contributed by atoms with Crippen molar-refractivity contribution >= 4 is 45.7 Å². The van der Waals surface area contributed by atoms with Crippen molar-refractivity contribution in [3.05, 3.63) is 100 Å². The van der Waals surface area contributed by atoms with Gasteiger partial charge in [0.05, 0.1) is 18.2 Å². The maximum Gasteiger partial charge on any atom is 0.301 e. The lowest BCUT2D eigenvalue weighted by atomic mass is 9.94. The molecule has 2 atom stereocenters. The zero-order valence-corrected chi connectivity index (χ0v) is 25.1. The van der Waals surface area contributed by atoms with Crippen LogP contribution < -0.4 is 14.4 Å². The Bertz CT molecular complexity index is 1740. The largest absolute Gasteiger partial charge is 0.507 e. The Morgan fingerprint density at radius 1 is 1.14 bits per heavy atom. The molecule has 43 heavy (non-hydrogen) atoms. The fourth-order valence-electron chi connectivity index (χ4n) is 5.18. The summed E-state index contributed by atoms with van der Waals surface area (Å²) in [4.78, 5) is 28.5. The van der Waals surface area contributed by atoms with Gasteiger partial charge in [-0.25, -0.2) is 4.39 Å². The summed E-state index contributed by atoms with van der Waals surface area (Å²) >= 11 is 2.40. The van der Waals surface area contributed by atoms with Crippen molar-refractivity contribution < 1.29 is 28.6 Å². The van der Waals surface area contributed by atoms with Gasteiger partial charge in [-0.2, -0.15) is 0 Å². The number of aliphatic hydroxyl groups excluding tert-OH is 1. The molecule has 1 aromatic heterocycles. The normalized spacial score (nSPS) is 19.0. The molecule has 0 saturated carbocycles. The van der Waals surface area contributed by atoms with E-state index >= 15 is 0 Å². The summed E-state index contributed by atoms with van der Waals surface area (Å²) < 4.78 is 26.3. The van der Waals surface area contributed by atoms with E-state index in [0.29, 0.717) is 45.6 Å². The summed E-state index contributed by atoms with van der Waals surface area (Å²) in [6.45, 7) is 4.46. The average molecular weight is 618 g/mol. The molecule has 4 aromatic rings. The third-order valence-electron chi connectivity index (χ3n) is 7.17. The monoisotopic (exact) mass is 617 g/mol. The zero-order chi connectivity index (χ0) is 30.1. The summed E-state index contributed by atoms with van der Waals surface area (Å²) in [6, 6.07) is 17.9. The van der Waals surface area contributed by atoms with E-state index in [-0.39, 0.29) is 28.4 Å². The van der Waals surface area contributed by atoms with Gasteiger partial charge in [-0.15, -0.1) is 10.2 Å². The molecule has 0 unspecified atom stereocenters. The molecule has 8 nitrogen and oxygen atoms in total. The van der Waals surface area contributed by atoms with E-state index in [0.717, 1.165) is 29.1 Å². The van der Waals surface area contributed by atoms with Crippen LogP contribution in [-0.2, 0) is 21.8 Å². The van der Waals surface area contributed by atoms with Gasteiger partial charge in [0.2, 0.25) is 5.13 Å². The topological polar surface area (TPSA) is 102 Å². The maximum atomic E-state index is 14.2. The van der Waals surface area contributed by atoms with E-state index in [9.17, 15) is 19.1 Å². The molecule has 1 saturated heterocycles. The number of aliphatic hydroxyl groups is 1. The number of benzene rings is 3. The third kappa shape index (κ3) is 5.74. The molecule has 220 valence electrons. The van der Waals surface area contributed by atoms with Crippen molar-refractivity contribution in [3.8, 4) is 11.5 Å². The molecular formula is C32H28FN3O5S2. The molecule has 0 spiro atoms. The molecule has 2 aliphatic heterocycles.